The summed E-state index contributed by atoms with van der Waals surface area (Å²) in [5.74, 6) is -0.461. The fraction of sp³-hybridized carbons (Fsp3) is 0.412. The van der Waals surface area contributed by atoms with E-state index < -0.39 is 11.7 Å². The Labute approximate surface area is 161 Å². The second kappa shape index (κ2) is 9.82. The molecule has 0 saturated carbocycles. The zero-order valence-electron chi connectivity index (χ0n) is 14.1. The van der Waals surface area contributed by atoms with Gasteiger partial charge in [0.1, 0.15) is 23.9 Å². The van der Waals surface area contributed by atoms with E-state index in [-0.39, 0.29) is 29.9 Å². The molecular weight excluding hydrogens is 381 g/mol. The third-order valence-electron chi connectivity index (χ3n) is 3.78. The molecular formula is C17H21ClFN3O3S. The summed E-state index contributed by atoms with van der Waals surface area (Å²) in [5, 5.41) is 5.12. The predicted octanol–water partition coefficient (Wildman–Crippen LogP) is 3.02. The summed E-state index contributed by atoms with van der Waals surface area (Å²) >= 11 is 1.37. The molecule has 2 heterocycles. The number of thiazole rings is 1. The van der Waals surface area contributed by atoms with Crippen LogP contribution in [0.4, 0.5) is 10.1 Å². The fourth-order valence-corrected chi connectivity index (χ4v) is 3.32. The van der Waals surface area contributed by atoms with Gasteiger partial charge in [0.25, 0.3) is 5.91 Å². The normalized spacial score (nSPS) is 16.2. The number of nitrogens with two attached hydrogens (primary N) is 1. The lowest BCUT2D eigenvalue weighted by Gasteiger charge is -2.15. The van der Waals surface area contributed by atoms with Crippen molar-refractivity contribution in [3.63, 3.8) is 0 Å². The van der Waals surface area contributed by atoms with Gasteiger partial charge in [0.15, 0.2) is 0 Å². The lowest BCUT2D eigenvalue weighted by Crippen LogP contribution is -2.18. The molecule has 1 atom stereocenters. The Hall–Kier alpha value is -1.74. The van der Waals surface area contributed by atoms with Crippen LogP contribution in [0.15, 0.2) is 23.6 Å². The highest BCUT2D eigenvalue weighted by Crippen LogP contribution is 2.27. The second-order valence-electron chi connectivity index (χ2n) is 5.71. The highest BCUT2D eigenvalue weighted by molar-refractivity contribution is 7.09. The minimum absolute atomic E-state index is 0. The summed E-state index contributed by atoms with van der Waals surface area (Å²) in [6, 6.07) is 4.03. The number of nitrogens with one attached hydrogen (secondary N) is 1. The lowest BCUT2D eigenvalue weighted by atomic mass is 10.2. The number of aromatic nitrogens is 1. The Bertz CT molecular complexity index is 738. The molecule has 1 fully saturated rings. The second-order valence-corrected chi connectivity index (χ2v) is 6.65. The summed E-state index contributed by atoms with van der Waals surface area (Å²) in [6.45, 7) is 1.57. The summed E-state index contributed by atoms with van der Waals surface area (Å²) in [4.78, 5) is 16.6. The van der Waals surface area contributed by atoms with Crippen molar-refractivity contribution in [2.24, 2.45) is 5.73 Å². The molecule has 0 radical (unpaired) electrons. The standard InChI is InChI=1S/C17H20FN3O3S.ClH/c18-11-3-4-15(24-9-12-2-1-7-23-12)13(8-11)21-17(22)14-10-25-16(20-14)5-6-19;/h3-4,8,10,12H,1-2,5-7,9,19H2,(H,21,22);1H. The number of nitrogens with zero attached hydrogens (tertiary/aromatic N) is 1. The highest BCUT2D eigenvalue weighted by Gasteiger charge is 2.18. The molecule has 6 nitrogen and oxygen atoms in total. The number of amides is 1. The van der Waals surface area contributed by atoms with Crippen molar-refractivity contribution in [1.82, 2.24) is 4.98 Å². The minimum Gasteiger partial charge on any atom is -0.489 e. The van der Waals surface area contributed by atoms with Gasteiger partial charge in [0.05, 0.1) is 16.8 Å². The Morgan fingerprint density at radius 2 is 2.35 bits per heavy atom. The van der Waals surface area contributed by atoms with Gasteiger partial charge in [-0.25, -0.2) is 9.37 Å². The lowest BCUT2D eigenvalue weighted by molar-refractivity contribution is 0.0681. The summed E-state index contributed by atoms with van der Waals surface area (Å²) in [5.41, 5.74) is 6.04. The summed E-state index contributed by atoms with van der Waals surface area (Å²) in [7, 11) is 0. The molecule has 3 rings (SSSR count). The molecule has 0 aliphatic carbocycles. The maximum absolute atomic E-state index is 13.6. The molecule has 0 spiro atoms. The van der Waals surface area contributed by atoms with Gasteiger partial charge < -0.3 is 20.5 Å². The molecule has 2 aromatic rings. The Morgan fingerprint density at radius 3 is 3.08 bits per heavy atom. The maximum Gasteiger partial charge on any atom is 0.275 e. The van der Waals surface area contributed by atoms with Crippen molar-refractivity contribution in [1.29, 1.82) is 0 Å². The van der Waals surface area contributed by atoms with Crippen LogP contribution in [-0.2, 0) is 11.2 Å². The molecule has 1 aliphatic heterocycles. The van der Waals surface area contributed by atoms with E-state index in [0.717, 1.165) is 24.5 Å². The van der Waals surface area contributed by atoms with E-state index in [0.29, 0.717) is 25.3 Å². The van der Waals surface area contributed by atoms with Gasteiger partial charge in [0.2, 0.25) is 0 Å². The number of carbonyl (C=O) groups excluding carboxylic acids is 1. The molecule has 1 unspecified atom stereocenters. The number of carbonyl (C=O) groups is 1. The van der Waals surface area contributed by atoms with Crippen molar-refractivity contribution in [2.75, 3.05) is 25.1 Å². The first-order valence-corrected chi connectivity index (χ1v) is 9.03. The largest absolute Gasteiger partial charge is 0.489 e. The monoisotopic (exact) mass is 401 g/mol. The van der Waals surface area contributed by atoms with Crippen molar-refractivity contribution in [3.05, 3.63) is 40.1 Å². The average Bonchev–Trinajstić information content (AvgIpc) is 3.26. The zero-order chi connectivity index (χ0) is 17.6. The first kappa shape index (κ1) is 20.6. The predicted molar refractivity (Wildman–Crippen MR) is 101 cm³/mol. The van der Waals surface area contributed by atoms with E-state index in [1.165, 1.54) is 29.5 Å². The van der Waals surface area contributed by atoms with Crippen molar-refractivity contribution in [3.8, 4) is 5.75 Å². The molecule has 9 heteroatoms. The molecule has 26 heavy (non-hydrogen) atoms. The van der Waals surface area contributed by atoms with E-state index in [2.05, 4.69) is 10.3 Å². The first-order valence-electron chi connectivity index (χ1n) is 8.15. The molecule has 1 aromatic heterocycles. The third-order valence-corrected chi connectivity index (χ3v) is 4.69. The van der Waals surface area contributed by atoms with Crippen LogP contribution in [0.2, 0.25) is 0 Å². The van der Waals surface area contributed by atoms with E-state index in [1.807, 2.05) is 0 Å². The van der Waals surface area contributed by atoms with Gasteiger partial charge in [-0.15, -0.1) is 23.7 Å². The van der Waals surface area contributed by atoms with Crippen LogP contribution in [0.25, 0.3) is 0 Å². The number of ether oxygens (including phenoxy) is 2. The topological polar surface area (TPSA) is 86.5 Å². The quantitative estimate of drug-likeness (QED) is 0.744. The van der Waals surface area contributed by atoms with Crippen molar-refractivity contribution < 1.29 is 18.7 Å². The summed E-state index contributed by atoms with van der Waals surface area (Å²) in [6.07, 6.45) is 2.60. The molecule has 1 aliphatic rings. The van der Waals surface area contributed by atoms with E-state index in [9.17, 15) is 9.18 Å². The van der Waals surface area contributed by atoms with E-state index in [4.69, 9.17) is 15.2 Å². The van der Waals surface area contributed by atoms with Crippen LogP contribution in [0.5, 0.6) is 5.75 Å². The molecule has 1 saturated heterocycles. The van der Waals surface area contributed by atoms with Gasteiger partial charge in [0, 0.05) is 24.5 Å². The molecule has 0 bridgehead atoms. The highest BCUT2D eigenvalue weighted by atomic mass is 35.5. The van der Waals surface area contributed by atoms with Gasteiger partial charge in [-0.1, -0.05) is 0 Å². The molecule has 3 N–H and O–H groups in total. The van der Waals surface area contributed by atoms with Crippen LogP contribution in [0.1, 0.15) is 28.3 Å². The SMILES string of the molecule is Cl.NCCc1nc(C(=O)Nc2cc(F)ccc2OCC2CCCO2)cs1. The Kier molecular flexibility index (Phi) is 7.77. The van der Waals surface area contributed by atoms with Crippen LogP contribution in [0, 0.1) is 5.82 Å². The van der Waals surface area contributed by atoms with E-state index in [1.54, 1.807) is 5.38 Å². The van der Waals surface area contributed by atoms with Crippen LogP contribution in [-0.4, -0.2) is 36.8 Å². The number of anilines is 1. The average molecular weight is 402 g/mol. The van der Waals surface area contributed by atoms with Crippen LogP contribution < -0.4 is 15.8 Å². The zero-order valence-corrected chi connectivity index (χ0v) is 15.7. The number of hydrogen-bond donors (Lipinski definition) is 2. The van der Waals surface area contributed by atoms with Gasteiger partial charge >= 0.3 is 0 Å². The smallest absolute Gasteiger partial charge is 0.275 e. The maximum atomic E-state index is 13.6. The van der Waals surface area contributed by atoms with Gasteiger partial charge in [-0.2, -0.15) is 0 Å². The summed E-state index contributed by atoms with van der Waals surface area (Å²) < 4.78 is 24.8. The van der Waals surface area contributed by atoms with Crippen molar-refractivity contribution in [2.45, 2.75) is 25.4 Å². The number of hydrogen-bond acceptors (Lipinski definition) is 6. The van der Waals surface area contributed by atoms with Gasteiger partial charge in [-0.05, 0) is 31.5 Å². The van der Waals surface area contributed by atoms with E-state index >= 15 is 0 Å². The fourth-order valence-electron chi connectivity index (χ4n) is 2.52. The molecule has 1 aromatic carbocycles. The molecule has 1 amide bonds. The Balaban J connectivity index is 0.00000243. The third kappa shape index (κ3) is 5.38. The van der Waals surface area contributed by atoms with Gasteiger partial charge in [-0.3, -0.25) is 4.79 Å². The first-order chi connectivity index (χ1) is 12.2. The number of rotatable bonds is 7. The number of benzene rings is 1. The Morgan fingerprint density at radius 1 is 1.50 bits per heavy atom. The molecule has 142 valence electrons. The van der Waals surface area contributed by atoms with Crippen molar-refractivity contribution >= 4 is 35.3 Å². The number of halogens is 2. The van der Waals surface area contributed by atoms with Crippen LogP contribution in [0.3, 0.4) is 0 Å². The minimum atomic E-state index is -0.457. The van der Waals surface area contributed by atoms with Crippen LogP contribution >= 0.6 is 23.7 Å².